The van der Waals surface area contributed by atoms with Crippen LogP contribution < -0.4 is 4.72 Å². The van der Waals surface area contributed by atoms with Crippen LogP contribution in [0.1, 0.15) is 11.1 Å². The summed E-state index contributed by atoms with van der Waals surface area (Å²) in [6.07, 6.45) is 1.40. The highest BCUT2D eigenvalue weighted by Gasteiger charge is 2.20. The Kier molecular flexibility index (Phi) is 3.23. The Balaban J connectivity index is 2.45. The summed E-state index contributed by atoms with van der Waals surface area (Å²) >= 11 is 0. The molecule has 102 valence electrons. The monoisotopic (exact) mass is 281 g/mol. The van der Waals surface area contributed by atoms with E-state index in [1.54, 1.807) is 19.1 Å². The molecule has 0 bridgehead atoms. The maximum Gasteiger partial charge on any atom is 0.279 e. The van der Waals surface area contributed by atoms with Crippen LogP contribution >= 0.6 is 0 Å². The number of sulfonamides is 1. The van der Waals surface area contributed by atoms with E-state index in [0.29, 0.717) is 5.56 Å². The first kappa shape index (κ1) is 13.4. The van der Waals surface area contributed by atoms with Gasteiger partial charge in [0, 0.05) is 7.05 Å². The quantitative estimate of drug-likeness (QED) is 0.836. The molecule has 1 aromatic carbocycles. The number of benzene rings is 1. The predicted octanol–water partition coefficient (Wildman–Crippen LogP) is 1.54. The first-order valence-corrected chi connectivity index (χ1v) is 7.10. The van der Waals surface area contributed by atoms with Crippen molar-refractivity contribution in [3.05, 3.63) is 35.5 Å². The molecule has 1 heterocycles. The summed E-state index contributed by atoms with van der Waals surface area (Å²) < 4.78 is 28.0. The fraction of sp³-hybridized carbons (Fsp3) is 0.250. The SMILES string of the molecule is Cc1cc(C)c(O)c(NS(=O)(=O)c2ccnn2C)c1. The number of hydrogen-bond acceptors (Lipinski definition) is 4. The zero-order valence-corrected chi connectivity index (χ0v) is 11.7. The fourth-order valence-electron chi connectivity index (χ4n) is 1.86. The van der Waals surface area contributed by atoms with Crippen molar-refractivity contribution in [3.8, 4) is 5.75 Å². The molecule has 6 nitrogen and oxygen atoms in total. The van der Waals surface area contributed by atoms with E-state index in [-0.39, 0.29) is 16.5 Å². The average Bonchev–Trinajstić information content (AvgIpc) is 2.72. The van der Waals surface area contributed by atoms with E-state index in [9.17, 15) is 13.5 Å². The number of aryl methyl sites for hydroxylation is 3. The fourth-order valence-corrected chi connectivity index (χ4v) is 3.04. The maximum atomic E-state index is 12.2. The van der Waals surface area contributed by atoms with Crippen LogP contribution in [0.25, 0.3) is 0 Å². The van der Waals surface area contributed by atoms with E-state index in [2.05, 4.69) is 9.82 Å². The van der Waals surface area contributed by atoms with Crippen molar-refractivity contribution in [3.63, 3.8) is 0 Å². The average molecular weight is 281 g/mol. The molecule has 0 unspecified atom stereocenters. The number of phenolic OH excluding ortho intramolecular Hbond substituents is 1. The van der Waals surface area contributed by atoms with Gasteiger partial charge in [-0.25, -0.2) is 0 Å². The van der Waals surface area contributed by atoms with Gasteiger partial charge in [0.15, 0.2) is 5.03 Å². The van der Waals surface area contributed by atoms with Crippen molar-refractivity contribution in [2.45, 2.75) is 18.9 Å². The molecule has 7 heteroatoms. The lowest BCUT2D eigenvalue weighted by Gasteiger charge is -2.12. The number of rotatable bonds is 3. The molecule has 0 radical (unpaired) electrons. The lowest BCUT2D eigenvalue weighted by atomic mass is 10.1. The van der Waals surface area contributed by atoms with Crippen LogP contribution in [0.15, 0.2) is 29.4 Å². The molecule has 0 atom stereocenters. The van der Waals surface area contributed by atoms with Crippen LogP contribution in [0.2, 0.25) is 0 Å². The summed E-state index contributed by atoms with van der Waals surface area (Å²) in [5.74, 6) is -0.0728. The lowest BCUT2D eigenvalue weighted by Crippen LogP contribution is -2.17. The summed E-state index contributed by atoms with van der Waals surface area (Å²) in [7, 11) is -2.23. The number of nitrogens with zero attached hydrogens (tertiary/aromatic N) is 2. The van der Waals surface area contributed by atoms with Gasteiger partial charge in [0.05, 0.1) is 11.9 Å². The zero-order chi connectivity index (χ0) is 14.2. The minimum Gasteiger partial charge on any atom is -0.505 e. The molecule has 0 aliphatic rings. The van der Waals surface area contributed by atoms with E-state index < -0.39 is 10.0 Å². The van der Waals surface area contributed by atoms with Gasteiger partial charge < -0.3 is 5.11 Å². The number of phenols is 1. The minimum atomic E-state index is -3.77. The summed E-state index contributed by atoms with van der Waals surface area (Å²) in [5, 5.41) is 13.8. The van der Waals surface area contributed by atoms with Gasteiger partial charge in [-0.2, -0.15) is 13.5 Å². The molecule has 2 N–H and O–H groups in total. The first-order valence-electron chi connectivity index (χ1n) is 5.62. The molecule has 0 aliphatic heterocycles. The third kappa shape index (κ3) is 2.55. The van der Waals surface area contributed by atoms with Crippen molar-refractivity contribution in [1.82, 2.24) is 9.78 Å². The summed E-state index contributed by atoms with van der Waals surface area (Å²) in [6, 6.07) is 4.75. The Hall–Kier alpha value is -2.02. The van der Waals surface area contributed by atoms with Gasteiger partial charge in [-0.05, 0) is 37.1 Å². The largest absolute Gasteiger partial charge is 0.505 e. The second kappa shape index (κ2) is 4.58. The van der Waals surface area contributed by atoms with Gasteiger partial charge in [-0.1, -0.05) is 6.07 Å². The predicted molar refractivity (Wildman–Crippen MR) is 71.6 cm³/mol. The third-order valence-electron chi connectivity index (χ3n) is 2.74. The van der Waals surface area contributed by atoms with E-state index in [4.69, 9.17) is 0 Å². The molecule has 0 saturated heterocycles. The van der Waals surface area contributed by atoms with Gasteiger partial charge in [-0.15, -0.1) is 0 Å². The maximum absolute atomic E-state index is 12.2. The Bertz CT molecular complexity index is 720. The highest BCUT2D eigenvalue weighted by molar-refractivity contribution is 7.92. The van der Waals surface area contributed by atoms with Gasteiger partial charge in [0.2, 0.25) is 0 Å². The lowest BCUT2D eigenvalue weighted by molar-refractivity contribution is 0.473. The molecule has 1 aromatic heterocycles. The Morgan fingerprint density at radius 1 is 1.32 bits per heavy atom. The van der Waals surface area contributed by atoms with Crippen molar-refractivity contribution in [2.75, 3.05) is 4.72 Å². The molecule has 0 amide bonds. The second-order valence-corrected chi connectivity index (χ2v) is 6.01. The topological polar surface area (TPSA) is 84.2 Å². The van der Waals surface area contributed by atoms with Crippen molar-refractivity contribution >= 4 is 15.7 Å². The minimum absolute atomic E-state index is 0.0334. The summed E-state index contributed by atoms with van der Waals surface area (Å²) in [5.41, 5.74) is 1.64. The first-order chi connectivity index (χ1) is 8.81. The van der Waals surface area contributed by atoms with Crippen LogP contribution in [0.5, 0.6) is 5.75 Å². The van der Waals surface area contributed by atoms with E-state index in [0.717, 1.165) is 5.56 Å². The number of aromatic hydroxyl groups is 1. The van der Waals surface area contributed by atoms with Gasteiger partial charge in [-0.3, -0.25) is 9.40 Å². The van der Waals surface area contributed by atoms with Gasteiger partial charge >= 0.3 is 0 Å². The summed E-state index contributed by atoms with van der Waals surface area (Å²) in [6.45, 7) is 3.54. The molecular formula is C12H15N3O3S. The van der Waals surface area contributed by atoms with Gasteiger partial charge in [0.25, 0.3) is 10.0 Å². The molecule has 2 aromatic rings. The molecule has 0 spiro atoms. The molecule has 2 rings (SSSR count). The van der Waals surface area contributed by atoms with E-state index in [1.165, 1.54) is 24.0 Å². The summed E-state index contributed by atoms with van der Waals surface area (Å²) in [4.78, 5) is 0. The van der Waals surface area contributed by atoms with Crippen molar-refractivity contribution in [1.29, 1.82) is 0 Å². The zero-order valence-electron chi connectivity index (χ0n) is 10.9. The number of aromatic nitrogens is 2. The second-order valence-electron chi connectivity index (χ2n) is 4.38. The molecule has 0 aliphatic carbocycles. The van der Waals surface area contributed by atoms with Crippen LogP contribution in [0.4, 0.5) is 5.69 Å². The Morgan fingerprint density at radius 2 is 2.00 bits per heavy atom. The van der Waals surface area contributed by atoms with Gasteiger partial charge in [0.1, 0.15) is 5.75 Å². The Labute approximate surface area is 111 Å². The molecule has 19 heavy (non-hydrogen) atoms. The van der Waals surface area contributed by atoms with Crippen LogP contribution in [-0.4, -0.2) is 23.3 Å². The number of anilines is 1. The van der Waals surface area contributed by atoms with Crippen LogP contribution in [0, 0.1) is 13.8 Å². The van der Waals surface area contributed by atoms with Crippen molar-refractivity contribution in [2.24, 2.45) is 7.05 Å². The number of nitrogens with one attached hydrogen (secondary N) is 1. The third-order valence-corrected chi connectivity index (χ3v) is 4.18. The van der Waals surface area contributed by atoms with E-state index >= 15 is 0 Å². The number of hydrogen-bond donors (Lipinski definition) is 2. The highest BCUT2D eigenvalue weighted by Crippen LogP contribution is 2.30. The van der Waals surface area contributed by atoms with Crippen LogP contribution in [0.3, 0.4) is 0 Å². The molecule has 0 saturated carbocycles. The van der Waals surface area contributed by atoms with Crippen molar-refractivity contribution < 1.29 is 13.5 Å². The smallest absolute Gasteiger partial charge is 0.279 e. The molecule has 0 fully saturated rings. The van der Waals surface area contributed by atoms with E-state index in [1.807, 2.05) is 6.92 Å². The van der Waals surface area contributed by atoms with Crippen LogP contribution in [-0.2, 0) is 17.1 Å². The highest BCUT2D eigenvalue weighted by atomic mass is 32.2. The standard InChI is InChI=1S/C12H15N3O3S/c1-8-6-9(2)12(16)10(7-8)14-19(17,18)11-4-5-13-15(11)3/h4-7,14,16H,1-3H3. The molecular weight excluding hydrogens is 266 g/mol. The normalized spacial score (nSPS) is 11.5. The Morgan fingerprint density at radius 3 is 2.58 bits per heavy atom.